The number of nitrogens with zero attached hydrogens (tertiary/aromatic N) is 1. The number of aromatic nitrogens is 1. The van der Waals surface area contributed by atoms with Crippen molar-refractivity contribution in [3.63, 3.8) is 0 Å². The Kier molecular flexibility index (Phi) is 2.29. The van der Waals surface area contributed by atoms with Crippen molar-refractivity contribution in [2.75, 3.05) is 5.73 Å². The maximum atomic E-state index is 11.4. The van der Waals surface area contributed by atoms with Crippen LogP contribution in [0.3, 0.4) is 0 Å². The number of hydrogen-bond donors (Lipinski definition) is 1. The van der Waals surface area contributed by atoms with Gasteiger partial charge in [0.15, 0.2) is 0 Å². The molecule has 0 aliphatic heterocycles. The van der Waals surface area contributed by atoms with Crippen molar-refractivity contribution in [1.82, 2.24) is 4.57 Å². The van der Waals surface area contributed by atoms with Gasteiger partial charge in [-0.15, -0.1) is 0 Å². The van der Waals surface area contributed by atoms with Crippen molar-refractivity contribution in [3.05, 3.63) is 52.9 Å². The SMILES string of the molecule is Cn1ccc(-c2cccc(N)c2)cc1=O. The summed E-state index contributed by atoms with van der Waals surface area (Å²) in [5, 5.41) is 0. The van der Waals surface area contributed by atoms with Crippen LogP contribution < -0.4 is 11.3 Å². The fourth-order valence-electron chi connectivity index (χ4n) is 1.45. The first kappa shape index (κ1) is 9.52. The molecule has 2 aromatic rings. The predicted molar refractivity (Wildman–Crippen MR) is 61.5 cm³/mol. The average Bonchev–Trinajstić information content (AvgIpc) is 2.22. The minimum atomic E-state index is -0.0186. The van der Waals surface area contributed by atoms with Gasteiger partial charge in [-0.25, -0.2) is 0 Å². The average molecular weight is 200 g/mol. The van der Waals surface area contributed by atoms with E-state index in [2.05, 4.69) is 0 Å². The highest BCUT2D eigenvalue weighted by atomic mass is 16.1. The Bertz CT molecular complexity index is 543. The smallest absolute Gasteiger partial charge is 0.250 e. The van der Waals surface area contributed by atoms with E-state index in [9.17, 15) is 4.79 Å². The van der Waals surface area contributed by atoms with Crippen LogP contribution in [0.15, 0.2) is 47.4 Å². The zero-order valence-electron chi connectivity index (χ0n) is 8.47. The molecule has 0 aliphatic carbocycles. The Morgan fingerprint density at radius 3 is 2.53 bits per heavy atom. The van der Waals surface area contributed by atoms with E-state index in [0.717, 1.165) is 11.1 Å². The molecule has 0 amide bonds. The number of rotatable bonds is 1. The molecule has 0 fully saturated rings. The number of nitrogens with two attached hydrogens (primary N) is 1. The van der Waals surface area contributed by atoms with Gasteiger partial charge in [0.25, 0.3) is 5.56 Å². The molecule has 0 atom stereocenters. The Balaban J connectivity index is 2.55. The van der Waals surface area contributed by atoms with E-state index < -0.39 is 0 Å². The van der Waals surface area contributed by atoms with Gasteiger partial charge < -0.3 is 10.3 Å². The monoisotopic (exact) mass is 200 g/mol. The molecule has 3 heteroatoms. The van der Waals surface area contributed by atoms with Gasteiger partial charge >= 0.3 is 0 Å². The Labute approximate surface area is 87.8 Å². The third-order valence-electron chi connectivity index (χ3n) is 2.32. The van der Waals surface area contributed by atoms with Crippen LogP contribution in [0.2, 0.25) is 0 Å². The van der Waals surface area contributed by atoms with Gasteiger partial charge in [-0.05, 0) is 29.3 Å². The van der Waals surface area contributed by atoms with E-state index in [0.29, 0.717) is 5.69 Å². The highest BCUT2D eigenvalue weighted by Gasteiger charge is 1.99. The lowest BCUT2D eigenvalue weighted by Gasteiger charge is -2.03. The summed E-state index contributed by atoms with van der Waals surface area (Å²) >= 11 is 0. The molecule has 2 N–H and O–H groups in total. The van der Waals surface area contributed by atoms with Crippen LogP contribution in [0.1, 0.15) is 0 Å². The molecule has 1 aromatic heterocycles. The van der Waals surface area contributed by atoms with Crippen LogP contribution >= 0.6 is 0 Å². The molecule has 15 heavy (non-hydrogen) atoms. The highest BCUT2D eigenvalue weighted by molar-refractivity contribution is 5.66. The number of pyridine rings is 1. The van der Waals surface area contributed by atoms with E-state index in [1.807, 2.05) is 30.3 Å². The minimum absolute atomic E-state index is 0.0186. The number of aryl methyl sites for hydroxylation is 1. The summed E-state index contributed by atoms with van der Waals surface area (Å²) in [5.41, 5.74) is 8.22. The number of hydrogen-bond acceptors (Lipinski definition) is 2. The zero-order chi connectivity index (χ0) is 10.8. The second-order valence-corrected chi connectivity index (χ2v) is 3.49. The van der Waals surface area contributed by atoms with Gasteiger partial charge in [0, 0.05) is 25.0 Å². The van der Waals surface area contributed by atoms with E-state index in [1.165, 1.54) is 4.57 Å². The topological polar surface area (TPSA) is 48.0 Å². The summed E-state index contributed by atoms with van der Waals surface area (Å²) in [6, 6.07) is 11.0. The molecule has 76 valence electrons. The van der Waals surface area contributed by atoms with E-state index in [4.69, 9.17) is 5.73 Å². The lowest BCUT2D eigenvalue weighted by molar-refractivity contribution is 0.861. The van der Waals surface area contributed by atoms with Crippen LogP contribution in [0.5, 0.6) is 0 Å². The van der Waals surface area contributed by atoms with Crippen molar-refractivity contribution < 1.29 is 0 Å². The molecule has 0 saturated heterocycles. The fraction of sp³-hybridized carbons (Fsp3) is 0.0833. The molecule has 0 aliphatic rings. The standard InChI is InChI=1S/C12H12N2O/c1-14-6-5-10(8-12(14)15)9-3-2-4-11(13)7-9/h2-8H,13H2,1H3. The van der Waals surface area contributed by atoms with Gasteiger partial charge in [-0.1, -0.05) is 12.1 Å². The van der Waals surface area contributed by atoms with Gasteiger partial charge in [-0.3, -0.25) is 4.79 Å². The molecule has 0 unspecified atom stereocenters. The van der Waals surface area contributed by atoms with E-state index in [-0.39, 0.29) is 5.56 Å². The molecular formula is C12H12N2O. The number of anilines is 1. The second-order valence-electron chi connectivity index (χ2n) is 3.49. The second kappa shape index (κ2) is 3.61. The normalized spacial score (nSPS) is 10.2. The predicted octanol–water partition coefficient (Wildman–Crippen LogP) is 1.63. The van der Waals surface area contributed by atoms with Crippen molar-refractivity contribution in [2.45, 2.75) is 0 Å². The molecule has 2 rings (SSSR count). The van der Waals surface area contributed by atoms with Crippen molar-refractivity contribution in [2.24, 2.45) is 7.05 Å². The summed E-state index contributed by atoms with van der Waals surface area (Å²) in [4.78, 5) is 11.4. The lowest BCUT2D eigenvalue weighted by atomic mass is 10.1. The van der Waals surface area contributed by atoms with Crippen molar-refractivity contribution >= 4 is 5.69 Å². The number of nitrogen functional groups attached to an aromatic ring is 1. The number of benzene rings is 1. The molecule has 0 radical (unpaired) electrons. The Morgan fingerprint density at radius 1 is 1.13 bits per heavy atom. The maximum absolute atomic E-state index is 11.4. The first-order valence-electron chi connectivity index (χ1n) is 4.69. The molecule has 1 aromatic carbocycles. The lowest BCUT2D eigenvalue weighted by Crippen LogP contribution is -2.14. The van der Waals surface area contributed by atoms with Crippen molar-refractivity contribution in [3.8, 4) is 11.1 Å². The van der Waals surface area contributed by atoms with E-state index in [1.54, 1.807) is 19.3 Å². The van der Waals surface area contributed by atoms with Gasteiger partial charge in [-0.2, -0.15) is 0 Å². The third kappa shape index (κ3) is 1.91. The molecule has 0 saturated carbocycles. The first-order chi connectivity index (χ1) is 7.16. The largest absolute Gasteiger partial charge is 0.399 e. The summed E-state index contributed by atoms with van der Waals surface area (Å²) in [7, 11) is 1.73. The fourth-order valence-corrected chi connectivity index (χ4v) is 1.45. The van der Waals surface area contributed by atoms with Crippen LogP contribution in [0.4, 0.5) is 5.69 Å². The van der Waals surface area contributed by atoms with Crippen LogP contribution in [-0.4, -0.2) is 4.57 Å². The molecule has 3 nitrogen and oxygen atoms in total. The zero-order valence-corrected chi connectivity index (χ0v) is 8.47. The van der Waals surface area contributed by atoms with Gasteiger partial charge in [0.05, 0.1) is 0 Å². The molecule has 0 spiro atoms. The van der Waals surface area contributed by atoms with Crippen LogP contribution in [-0.2, 0) is 7.05 Å². The van der Waals surface area contributed by atoms with Crippen LogP contribution in [0, 0.1) is 0 Å². The summed E-state index contributed by atoms with van der Waals surface area (Å²) in [6.45, 7) is 0. The van der Waals surface area contributed by atoms with Gasteiger partial charge in [0.2, 0.25) is 0 Å². The Morgan fingerprint density at radius 2 is 1.87 bits per heavy atom. The third-order valence-corrected chi connectivity index (χ3v) is 2.32. The maximum Gasteiger partial charge on any atom is 0.250 e. The molecule has 1 heterocycles. The first-order valence-corrected chi connectivity index (χ1v) is 4.69. The summed E-state index contributed by atoms with van der Waals surface area (Å²) in [6.07, 6.45) is 1.75. The highest BCUT2D eigenvalue weighted by Crippen LogP contribution is 2.19. The van der Waals surface area contributed by atoms with Crippen molar-refractivity contribution in [1.29, 1.82) is 0 Å². The van der Waals surface area contributed by atoms with Crippen LogP contribution in [0.25, 0.3) is 11.1 Å². The summed E-state index contributed by atoms with van der Waals surface area (Å²) < 4.78 is 1.54. The molecule has 0 bridgehead atoms. The van der Waals surface area contributed by atoms with Gasteiger partial charge in [0.1, 0.15) is 0 Å². The van der Waals surface area contributed by atoms with E-state index >= 15 is 0 Å². The Hall–Kier alpha value is -2.03. The quantitative estimate of drug-likeness (QED) is 0.711. The minimum Gasteiger partial charge on any atom is -0.399 e. The molecular weight excluding hydrogens is 188 g/mol. The summed E-state index contributed by atoms with van der Waals surface area (Å²) in [5.74, 6) is 0.